The van der Waals surface area contributed by atoms with E-state index in [0.29, 0.717) is 0 Å². The van der Waals surface area contributed by atoms with Gasteiger partial charge in [-0.2, -0.15) is 0 Å². The van der Waals surface area contributed by atoms with Crippen LogP contribution in [0.3, 0.4) is 0 Å². The van der Waals surface area contributed by atoms with Crippen molar-refractivity contribution in [2.75, 3.05) is 18.1 Å². The molecule has 1 fully saturated rings. The number of benzene rings is 1. The fourth-order valence-electron chi connectivity index (χ4n) is 2.55. The minimum atomic E-state index is 0.0556. The average Bonchev–Trinajstić information content (AvgIpc) is 2.71. The lowest BCUT2D eigenvalue weighted by atomic mass is 10.0. The predicted octanol–water partition coefficient (Wildman–Crippen LogP) is 3.21. The number of thioether (sulfide) groups is 2. The van der Waals surface area contributed by atoms with Crippen molar-refractivity contribution in [3.63, 3.8) is 0 Å². The van der Waals surface area contributed by atoms with Crippen LogP contribution in [-0.2, 0) is 4.79 Å². The molecule has 2 aliphatic heterocycles. The molecule has 1 aromatic carbocycles. The van der Waals surface area contributed by atoms with Gasteiger partial charge in [-0.15, -0.1) is 23.5 Å². The summed E-state index contributed by atoms with van der Waals surface area (Å²) >= 11 is 3.53. The first-order valence-corrected chi connectivity index (χ1v) is 9.19. The summed E-state index contributed by atoms with van der Waals surface area (Å²) in [5.41, 5.74) is 1.11. The number of amides is 1. The minimum Gasteiger partial charge on any atom is -0.493 e. The van der Waals surface area contributed by atoms with Crippen LogP contribution in [0.4, 0.5) is 0 Å². The van der Waals surface area contributed by atoms with Gasteiger partial charge in [-0.3, -0.25) is 4.79 Å². The molecular formula is C15H19NO2S2. The zero-order valence-electron chi connectivity index (χ0n) is 11.3. The normalized spacial score (nSPS) is 23.3. The Morgan fingerprint density at radius 1 is 1.20 bits per heavy atom. The van der Waals surface area contributed by atoms with E-state index in [9.17, 15) is 4.79 Å². The van der Waals surface area contributed by atoms with E-state index in [4.69, 9.17) is 4.74 Å². The number of rotatable bonds is 2. The molecule has 2 heterocycles. The van der Waals surface area contributed by atoms with Crippen LogP contribution in [0.2, 0.25) is 0 Å². The molecule has 0 spiro atoms. The third-order valence-corrected chi connectivity index (χ3v) is 6.45. The first-order valence-electron chi connectivity index (χ1n) is 7.10. The molecule has 1 atom stereocenters. The first kappa shape index (κ1) is 14.1. The van der Waals surface area contributed by atoms with E-state index in [1.54, 1.807) is 23.5 Å². The maximum absolute atomic E-state index is 12.4. The van der Waals surface area contributed by atoms with Gasteiger partial charge in [-0.1, -0.05) is 18.2 Å². The molecule has 108 valence electrons. The highest BCUT2D eigenvalue weighted by atomic mass is 32.2. The fraction of sp³-hybridized carbons (Fsp3) is 0.533. The fourth-order valence-corrected chi connectivity index (χ4v) is 5.19. The smallest absolute Gasteiger partial charge is 0.243 e. The number of hydrogen-bond acceptors (Lipinski definition) is 4. The SMILES string of the molecule is O=C(NC1CCCOc2ccccc21)C1SCCCS1. The Kier molecular flexibility index (Phi) is 4.78. The van der Waals surface area contributed by atoms with Crippen molar-refractivity contribution in [3.05, 3.63) is 29.8 Å². The number of hydrogen-bond donors (Lipinski definition) is 1. The van der Waals surface area contributed by atoms with Crippen LogP contribution >= 0.6 is 23.5 Å². The lowest BCUT2D eigenvalue weighted by Gasteiger charge is -2.24. The Bertz CT molecular complexity index is 475. The molecular weight excluding hydrogens is 290 g/mol. The molecule has 0 radical (unpaired) electrons. The van der Waals surface area contributed by atoms with Gasteiger partial charge >= 0.3 is 0 Å². The summed E-state index contributed by atoms with van der Waals surface area (Å²) in [6.45, 7) is 0.732. The van der Waals surface area contributed by atoms with Gasteiger partial charge in [0.1, 0.15) is 10.3 Å². The molecule has 5 heteroatoms. The number of ether oxygens (including phenoxy) is 1. The Labute approximate surface area is 128 Å². The Hall–Kier alpha value is -0.810. The van der Waals surface area contributed by atoms with Crippen LogP contribution in [0.5, 0.6) is 5.75 Å². The highest BCUT2D eigenvalue weighted by molar-refractivity contribution is 8.18. The largest absolute Gasteiger partial charge is 0.493 e. The summed E-state index contributed by atoms with van der Waals surface area (Å²) < 4.78 is 5.80. The molecule has 1 aromatic rings. The minimum absolute atomic E-state index is 0.0556. The Balaban J connectivity index is 1.71. The molecule has 1 N–H and O–H groups in total. The van der Waals surface area contributed by atoms with Crippen molar-refractivity contribution in [1.29, 1.82) is 0 Å². The van der Waals surface area contributed by atoms with E-state index in [-0.39, 0.29) is 16.5 Å². The lowest BCUT2D eigenvalue weighted by molar-refractivity contribution is -0.119. The van der Waals surface area contributed by atoms with E-state index in [0.717, 1.165) is 42.3 Å². The highest BCUT2D eigenvalue weighted by Crippen LogP contribution is 2.34. The van der Waals surface area contributed by atoms with Crippen LogP contribution in [-0.4, -0.2) is 28.6 Å². The molecule has 3 rings (SSSR count). The second-order valence-corrected chi connectivity index (χ2v) is 7.74. The molecule has 1 saturated heterocycles. The summed E-state index contributed by atoms with van der Waals surface area (Å²) in [6, 6.07) is 8.13. The number of carbonyl (C=O) groups is 1. The van der Waals surface area contributed by atoms with Gasteiger partial charge in [-0.05, 0) is 36.8 Å². The van der Waals surface area contributed by atoms with E-state index in [2.05, 4.69) is 11.4 Å². The second-order valence-electron chi connectivity index (χ2n) is 5.02. The monoisotopic (exact) mass is 309 g/mol. The van der Waals surface area contributed by atoms with E-state index < -0.39 is 0 Å². The standard InChI is InChI=1S/C15H19NO2S2/c17-14(15-19-9-4-10-20-15)16-12-6-3-8-18-13-7-2-1-5-11(12)13/h1-2,5,7,12,15H,3-4,6,8-10H2,(H,16,17). The molecule has 0 aromatic heterocycles. The van der Waals surface area contributed by atoms with Gasteiger partial charge in [0, 0.05) is 5.56 Å². The summed E-state index contributed by atoms with van der Waals surface area (Å²) in [6.07, 6.45) is 3.13. The van der Waals surface area contributed by atoms with Crippen molar-refractivity contribution >= 4 is 29.4 Å². The van der Waals surface area contributed by atoms with Crippen LogP contribution in [0, 0.1) is 0 Å². The first-order chi connectivity index (χ1) is 9.84. The Morgan fingerprint density at radius 2 is 2.00 bits per heavy atom. The van der Waals surface area contributed by atoms with Gasteiger partial charge in [-0.25, -0.2) is 0 Å². The maximum atomic E-state index is 12.4. The van der Waals surface area contributed by atoms with Crippen molar-refractivity contribution < 1.29 is 9.53 Å². The summed E-state index contributed by atoms with van der Waals surface area (Å²) in [5, 5.41) is 3.22. The van der Waals surface area contributed by atoms with Crippen molar-refractivity contribution in [3.8, 4) is 5.75 Å². The molecule has 0 saturated carbocycles. The molecule has 2 aliphatic rings. The highest BCUT2D eigenvalue weighted by Gasteiger charge is 2.27. The second kappa shape index (κ2) is 6.76. The molecule has 0 aliphatic carbocycles. The van der Waals surface area contributed by atoms with Gasteiger partial charge in [0.25, 0.3) is 0 Å². The quantitative estimate of drug-likeness (QED) is 0.910. The van der Waals surface area contributed by atoms with Gasteiger partial charge in [0.05, 0.1) is 12.6 Å². The van der Waals surface area contributed by atoms with E-state index in [1.165, 1.54) is 6.42 Å². The molecule has 1 amide bonds. The number of fused-ring (bicyclic) bond motifs is 1. The number of nitrogens with one attached hydrogen (secondary N) is 1. The number of carbonyl (C=O) groups excluding carboxylic acids is 1. The molecule has 3 nitrogen and oxygen atoms in total. The summed E-state index contributed by atoms with van der Waals surface area (Å²) in [5.74, 6) is 3.27. The zero-order chi connectivity index (χ0) is 13.8. The molecule has 1 unspecified atom stereocenters. The average molecular weight is 309 g/mol. The van der Waals surface area contributed by atoms with E-state index >= 15 is 0 Å². The van der Waals surface area contributed by atoms with Gasteiger partial charge in [0.15, 0.2) is 0 Å². The van der Waals surface area contributed by atoms with Gasteiger partial charge in [0.2, 0.25) is 5.91 Å². The van der Waals surface area contributed by atoms with Crippen molar-refractivity contribution in [2.24, 2.45) is 0 Å². The van der Waals surface area contributed by atoms with Crippen molar-refractivity contribution in [1.82, 2.24) is 5.32 Å². The predicted molar refractivity (Wildman–Crippen MR) is 85.4 cm³/mol. The van der Waals surface area contributed by atoms with Crippen LogP contribution in [0.25, 0.3) is 0 Å². The summed E-state index contributed by atoms with van der Waals surface area (Å²) in [7, 11) is 0. The maximum Gasteiger partial charge on any atom is 0.243 e. The van der Waals surface area contributed by atoms with Crippen LogP contribution < -0.4 is 10.1 Å². The van der Waals surface area contributed by atoms with Crippen LogP contribution in [0.15, 0.2) is 24.3 Å². The zero-order valence-corrected chi connectivity index (χ0v) is 13.0. The molecule has 20 heavy (non-hydrogen) atoms. The summed E-state index contributed by atoms with van der Waals surface area (Å²) in [4.78, 5) is 12.4. The Morgan fingerprint density at radius 3 is 2.85 bits per heavy atom. The number of para-hydroxylation sites is 1. The van der Waals surface area contributed by atoms with Crippen LogP contribution in [0.1, 0.15) is 30.9 Å². The molecule has 0 bridgehead atoms. The van der Waals surface area contributed by atoms with Gasteiger partial charge < -0.3 is 10.1 Å². The third kappa shape index (κ3) is 3.26. The topological polar surface area (TPSA) is 38.3 Å². The third-order valence-electron chi connectivity index (χ3n) is 3.55. The van der Waals surface area contributed by atoms with Crippen molar-refractivity contribution in [2.45, 2.75) is 29.9 Å². The van der Waals surface area contributed by atoms with E-state index in [1.807, 2.05) is 18.2 Å². The lowest BCUT2D eigenvalue weighted by Crippen LogP contribution is -2.35.